The Balaban J connectivity index is 1.47. The predicted octanol–water partition coefficient (Wildman–Crippen LogP) is 4.71. The summed E-state index contributed by atoms with van der Waals surface area (Å²) in [5, 5.41) is 12.5. The van der Waals surface area contributed by atoms with Crippen LogP contribution in [0.1, 0.15) is 0 Å². The van der Waals surface area contributed by atoms with Crippen LogP contribution in [0.25, 0.3) is 32.8 Å². The molecule has 1 aliphatic heterocycles. The lowest BCUT2D eigenvalue weighted by Gasteiger charge is -2.35. The minimum atomic E-state index is -0.568. The molecule has 0 spiro atoms. The van der Waals surface area contributed by atoms with Gasteiger partial charge in [0.25, 0.3) is 0 Å². The van der Waals surface area contributed by atoms with Crippen molar-refractivity contribution in [2.75, 3.05) is 51.7 Å². The number of halogens is 2. The average molecular weight is 520 g/mol. The van der Waals surface area contributed by atoms with E-state index in [2.05, 4.69) is 9.97 Å². The number of amides is 1. The number of hydrogen-bond acceptors (Lipinski definition) is 6. The van der Waals surface area contributed by atoms with Gasteiger partial charge in [0.05, 0.1) is 5.02 Å². The summed E-state index contributed by atoms with van der Waals surface area (Å²) in [6.45, 7) is 2.86. The maximum absolute atomic E-state index is 16.0. The van der Waals surface area contributed by atoms with Crippen LogP contribution < -0.4 is 4.90 Å². The number of likely N-dealkylation sites (N-methyl/N-ethyl adjacent to an activating group) is 1. The molecular formula is C28H27ClFN5O2. The summed E-state index contributed by atoms with van der Waals surface area (Å²) in [5.41, 5.74) is 0.836. The molecule has 1 fully saturated rings. The Kier molecular flexibility index (Phi) is 6.95. The van der Waals surface area contributed by atoms with Crippen LogP contribution in [-0.4, -0.2) is 77.6 Å². The van der Waals surface area contributed by atoms with Gasteiger partial charge in [-0.15, -0.1) is 0 Å². The smallest absolute Gasteiger partial charge is 0.246 e. The number of phenolic OH excluding ortho intramolecular Hbond substituents is 1. The highest BCUT2D eigenvalue weighted by Gasteiger charge is 2.25. The largest absolute Gasteiger partial charge is 0.508 e. The maximum Gasteiger partial charge on any atom is 0.246 e. The number of aromatic nitrogens is 2. The molecule has 0 aliphatic carbocycles. The minimum Gasteiger partial charge on any atom is -0.508 e. The third-order valence-corrected chi connectivity index (χ3v) is 6.84. The van der Waals surface area contributed by atoms with Crippen molar-refractivity contribution in [2.45, 2.75) is 0 Å². The Morgan fingerprint density at radius 1 is 1.11 bits per heavy atom. The number of nitrogens with zero attached hydrogens (tertiary/aromatic N) is 5. The number of piperazine rings is 1. The van der Waals surface area contributed by atoms with Gasteiger partial charge in [0, 0.05) is 49.7 Å². The molecule has 7 nitrogen and oxygen atoms in total. The van der Waals surface area contributed by atoms with E-state index in [1.807, 2.05) is 54.2 Å². The molecule has 1 amide bonds. The highest BCUT2D eigenvalue weighted by molar-refractivity contribution is 6.35. The fourth-order valence-electron chi connectivity index (χ4n) is 4.73. The predicted molar refractivity (Wildman–Crippen MR) is 146 cm³/mol. The summed E-state index contributed by atoms with van der Waals surface area (Å²) in [6, 6.07) is 12.3. The number of fused-ring (bicyclic) bond motifs is 2. The zero-order valence-corrected chi connectivity index (χ0v) is 21.4. The van der Waals surface area contributed by atoms with E-state index in [0.29, 0.717) is 49.5 Å². The van der Waals surface area contributed by atoms with Crippen molar-refractivity contribution in [3.05, 3.63) is 71.8 Å². The van der Waals surface area contributed by atoms with Crippen molar-refractivity contribution in [3.63, 3.8) is 0 Å². The van der Waals surface area contributed by atoms with Gasteiger partial charge in [-0.3, -0.25) is 4.79 Å². The minimum absolute atomic E-state index is 0.0221. The number of carbonyl (C=O) groups is 1. The Labute approximate surface area is 219 Å². The summed E-state index contributed by atoms with van der Waals surface area (Å²) < 4.78 is 16.0. The molecule has 1 N–H and O–H groups in total. The number of rotatable bonds is 5. The lowest BCUT2D eigenvalue weighted by Crippen LogP contribution is -2.48. The first kappa shape index (κ1) is 24.9. The van der Waals surface area contributed by atoms with Gasteiger partial charge >= 0.3 is 0 Å². The molecule has 4 aromatic rings. The van der Waals surface area contributed by atoms with Crippen molar-refractivity contribution in [1.29, 1.82) is 0 Å². The van der Waals surface area contributed by atoms with Crippen LogP contribution in [0, 0.1) is 5.82 Å². The van der Waals surface area contributed by atoms with Crippen molar-refractivity contribution >= 4 is 45.0 Å². The lowest BCUT2D eigenvalue weighted by atomic mass is 9.96. The van der Waals surface area contributed by atoms with Crippen LogP contribution in [0.5, 0.6) is 5.75 Å². The van der Waals surface area contributed by atoms with Crippen LogP contribution in [0.15, 0.2) is 60.9 Å². The molecule has 2 heterocycles. The van der Waals surface area contributed by atoms with Gasteiger partial charge in [-0.2, -0.15) is 0 Å². The second kappa shape index (κ2) is 10.3. The van der Waals surface area contributed by atoms with Gasteiger partial charge in [-0.05, 0) is 48.6 Å². The first-order valence-electron chi connectivity index (χ1n) is 12.0. The second-order valence-electron chi connectivity index (χ2n) is 9.33. The van der Waals surface area contributed by atoms with Crippen LogP contribution in [0.3, 0.4) is 0 Å². The highest BCUT2D eigenvalue weighted by Crippen LogP contribution is 2.41. The molecule has 1 aromatic heterocycles. The number of aromatic hydroxyl groups is 1. The van der Waals surface area contributed by atoms with Gasteiger partial charge in [0.15, 0.2) is 5.82 Å². The monoisotopic (exact) mass is 519 g/mol. The Morgan fingerprint density at radius 3 is 2.62 bits per heavy atom. The van der Waals surface area contributed by atoms with Crippen molar-refractivity contribution in [1.82, 2.24) is 19.8 Å². The van der Waals surface area contributed by atoms with Crippen LogP contribution in [0.2, 0.25) is 5.02 Å². The maximum atomic E-state index is 16.0. The van der Waals surface area contributed by atoms with E-state index < -0.39 is 5.82 Å². The summed E-state index contributed by atoms with van der Waals surface area (Å²) in [6.07, 6.45) is 4.81. The number of benzene rings is 3. The zero-order valence-electron chi connectivity index (χ0n) is 20.7. The molecule has 1 saturated heterocycles. The van der Waals surface area contributed by atoms with E-state index in [1.54, 1.807) is 23.1 Å². The molecule has 3 aromatic carbocycles. The Morgan fingerprint density at radius 2 is 1.86 bits per heavy atom. The van der Waals surface area contributed by atoms with E-state index in [0.717, 1.165) is 10.8 Å². The molecule has 1 aliphatic rings. The first-order valence-corrected chi connectivity index (χ1v) is 12.4. The Hall–Kier alpha value is -3.75. The molecule has 0 saturated carbocycles. The van der Waals surface area contributed by atoms with Gasteiger partial charge in [-0.1, -0.05) is 41.9 Å². The van der Waals surface area contributed by atoms with Crippen LogP contribution >= 0.6 is 11.6 Å². The van der Waals surface area contributed by atoms with E-state index >= 15 is 4.39 Å². The summed E-state index contributed by atoms with van der Waals surface area (Å²) in [4.78, 5) is 27.0. The summed E-state index contributed by atoms with van der Waals surface area (Å²) >= 11 is 6.68. The molecular weight excluding hydrogens is 493 g/mol. The second-order valence-corrected chi connectivity index (χ2v) is 9.74. The van der Waals surface area contributed by atoms with Gasteiger partial charge in [-0.25, -0.2) is 14.4 Å². The molecule has 0 bridgehead atoms. The van der Waals surface area contributed by atoms with Gasteiger partial charge < -0.3 is 19.8 Å². The molecule has 0 radical (unpaired) electrons. The highest BCUT2D eigenvalue weighted by atomic mass is 35.5. The fraction of sp³-hybridized carbons (Fsp3) is 0.250. The normalized spacial score (nSPS) is 14.4. The van der Waals surface area contributed by atoms with Crippen molar-refractivity contribution in [2.24, 2.45) is 0 Å². The van der Waals surface area contributed by atoms with Crippen LogP contribution in [-0.2, 0) is 4.79 Å². The number of anilines is 1. The molecule has 5 rings (SSSR count). The van der Waals surface area contributed by atoms with E-state index in [9.17, 15) is 9.90 Å². The fourth-order valence-corrected chi connectivity index (χ4v) is 5.02. The van der Waals surface area contributed by atoms with Gasteiger partial charge in [0.1, 0.15) is 23.4 Å². The van der Waals surface area contributed by atoms with Gasteiger partial charge in [0.2, 0.25) is 5.91 Å². The molecule has 190 valence electrons. The summed E-state index contributed by atoms with van der Waals surface area (Å²) in [5.74, 6) is 0.0119. The molecule has 9 heteroatoms. The first-order chi connectivity index (χ1) is 17.8. The number of phenols is 1. The molecule has 37 heavy (non-hydrogen) atoms. The van der Waals surface area contributed by atoms with Crippen LogP contribution in [0.4, 0.5) is 10.2 Å². The Bertz CT molecular complexity index is 1520. The standard InChI is InChI=1S/C28H27ClFN5O2/c1-33(2)9-5-8-24(37)34-10-12-35(13-11-34)28-22-16-23(29)25(26(30)27(22)31-17-32-28)21-15-19(36)14-18-6-3-4-7-20(18)21/h3-8,14-17,36H,9-13H2,1-2H3/b8-5+. The van der Waals surface area contributed by atoms with E-state index in [4.69, 9.17) is 11.6 Å². The van der Waals surface area contributed by atoms with Crippen molar-refractivity contribution < 1.29 is 14.3 Å². The van der Waals surface area contributed by atoms with Crippen molar-refractivity contribution in [3.8, 4) is 16.9 Å². The SMILES string of the molecule is CN(C)C/C=C/C(=O)N1CCN(c2ncnc3c(F)c(-c4cc(O)cc5ccccc45)c(Cl)cc23)CC1. The summed E-state index contributed by atoms with van der Waals surface area (Å²) in [7, 11) is 3.90. The zero-order chi connectivity index (χ0) is 26.1. The van der Waals surface area contributed by atoms with E-state index in [-0.39, 0.29) is 27.8 Å². The average Bonchev–Trinajstić information content (AvgIpc) is 2.88. The van der Waals surface area contributed by atoms with E-state index in [1.165, 1.54) is 12.4 Å². The quantitative estimate of drug-likeness (QED) is 0.385. The topological polar surface area (TPSA) is 72.8 Å². The number of hydrogen-bond donors (Lipinski definition) is 1. The molecule has 0 atom stereocenters. The number of carbonyl (C=O) groups excluding carboxylic acids is 1. The third kappa shape index (κ3) is 4.95. The third-order valence-electron chi connectivity index (χ3n) is 6.54. The molecule has 0 unspecified atom stereocenters. The lowest BCUT2D eigenvalue weighted by molar-refractivity contribution is -0.126.